The lowest BCUT2D eigenvalue weighted by atomic mass is 9.95. The van der Waals surface area contributed by atoms with Gasteiger partial charge in [-0.3, -0.25) is 14.4 Å². The van der Waals surface area contributed by atoms with Crippen molar-refractivity contribution < 1.29 is 13.2 Å². The number of rotatable bonds is 3. The van der Waals surface area contributed by atoms with Crippen LogP contribution in [0.25, 0.3) is 6.08 Å². The standard InChI is InChI=1S/C14H15NO3S/c1-9(2)18-19(3,17)13-6-4-5-11-10(13)7-8-12(15)14(11)16/h4-9,15H,3H2,1-2H3. The van der Waals surface area contributed by atoms with Gasteiger partial charge in [0.2, 0.25) is 5.78 Å². The minimum absolute atomic E-state index is 0.0787. The number of hydrogen-bond acceptors (Lipinski definition) is 4. The summed E-state index contributed by atoms with van der Waals surface area (Å²) in [5.41, 5.74) is 0.822. The number of ketones is 1. The Morgan fingerprint density at radius 3 is 2.63 bits per heavy atom. The van der Waals surface area contributed by atoms with Crippen molar-refractivity contribution in [3.8, 4) is 0 Å². The van der Waals surface area contributed by atoms with Gasteiger partial charge >= 0.3 is 0 Å². The van der Waals surface area contributed by atoms with Crippen molar-refractivity contribution in [2.75, 3.05) is 0 Å². The van der Waals surface area contributed by atoms with E-state index in [1.165, 1.54) is 6.08 Å². The van der Waals surface area contributed by atoms with Crippen LogP contribution in [0.5, 0.6) is 0 Å². The molecular weight excluding hydrogens is 262 g/mol. The Labute approximate surface area is 112 Å². The smallest absolute Gasteiger partial charge is 0.211 e. The molecule has 5 heteroatoms. The minimum atomic E-state index is -2.92. The summed E-state index contributed by atoms with van der Waals surface area (Å²) in [6, 6.07) is 4.89. The van der Waals surface area contributed by atoms with E-state index in [0.29, 0.717) is 16.0 Å². The summed E-state index contributed by atoms with van der Waals surface area (Å²) in [6.07, 6.45) is 2.78. The largest absolute Gasteiger partial charge is 0.297 e. The number of Topliss-reactive ketones (excluding diaryl/α,β-unsaturated/α-hetero) is 1. The van der Waals surface area contributed by atoms with Gasteiger partial charge in [0.05, 0.1) is 11.0 Å². The van der Waals surface area contributed by atoms with Crippen LogP contribution >= 0.6 is 0 Å². The molecule has 0 saturated heterocycles. The number of benzene rings is 1. The van der Waals surface area contributed by atoms with Crippen molar-refractivity contribution in [1.29, 1.82) is 5.41 Å². The normalized spacial score (nSPS) is 17.4. The Hall–Kier alpha value is -1.72. The maximum Gasteiger partial charge on any atom is 0.211 e. The third-order valence-electron chi connectivity index (χ3n) is 2.65. The number of carbonyl (C=O) groups excluding carboxylic acids is 1. The molecule has 0 bridgehead atoms. The Morgan fingerprint density at radius 2 is 2.00 bits per heavy atom. The number of nitrogens with one attached hydrogen (secondary N) is 1. The molecule has 1 aromatic carbocycles. The monoisotopic (exact) mass is 277 g/mol. The number of hydrogen-bond donors (Lipinski definition) is 1. The molecule has 1 atom stereocenters. The molecule has 0 spiro atoms. The first-order valence-electron chi connectivity index (χ1n) is 5.83. The molecule has 1 aliphatic rings. The molecule has 1 aliphatic carbocycles. The molecule has 1 aromatic rings. The zero-order valence-electron chi connectivity index (χ0n) is 10.8. The molecule has 1 N–H and O–H groups in total. The first kappa shape index (κ1) is 13.7. The molecule has 100 valence electrons. The second-order valence-electron chi connectivity index (χ2n) is 4.55. The lowest BCUT2D eigenvalue weighted by molar-refractivity contribution is 0.106. The molecule has 0 aliphatic heterocycles. The van der Waals surface area contributed by atoms with E-state index in [4.69, 9.17) is 9.59 Å². The third kappa shape index (κ3) is 2.52. The molecular formula is C14H15NO3S. The highest BCUT2D eigenvalue weighted by Crippen LogP contribution is 2.27. The fourth-order valence-corrected chi connectivity index (χ4v) is 3.46. The molecule has 0 fully saturated rings. The zero-order chi connectivity index (χ0) is 14.2. The van der Waals surface area contributed by atoms with E-state index in [-0.39, 0.29) is 17.6 Å². The fourth-order valence-electron chi connectivity index (χ4n) is 1.94. The van der Waals surface area contributed by atoms with Crippen LogP contribution in [0, 0.1) is 5.41 Å². The summed E-state index contributed by atoms with van der Waals surface area (Å²) in [5.74, 6) is 3.26. The van der Waals surface area contributed by atoms with Gasteiger partial charge in [-0.2, -0.15) is 0 Å². The molecule has 0 heterocycles. The molecule has 19 heavy (non-hydrogen) atoms. The Bertz CT molecular complexity index is 685. The summed E-state index contributed by atoms with van der Waals surface area (Å²) in [7, 11) is -2.92. The summed E-state index contributed by atoms with van der Waals surface area (Å²) in [5, 5.41) is 7.51. The lowest BCUT2D eigenvalue weighted by Crippen LogP contribution is -2.19. The van der Waals surface area contributed by atoms with Crippen molar-refractivity contribution in [3.63, 3.8) is 0 Å². The number of carbonyl (C=O) groups is 1. The third-order valence-corrected chi connectivity index (χ3v) is 4.38. The van der Waals surface area contributed by atoms with Gasteiger partial charge in [0.15, 0.2) is 0 Å². The molecule has 2 rings (SSSR count). The van der Waals surface area contributed by atoms with Crippen LogP contribution in [0.15, 0.2) is 29.2 Å². The fraction of sp³-hybridized carbons (Fsp3) is 0.214. The first-order chi connectivity index (χ1) is 8.83. The maximum absolute atomic E-state index is 12.5. The van der Waals surface area contributed by atoms with Gasteiger partial charge in [-0.05, 0) is 31.9 Å². The van der Waals surface area contributed by atoms with Crippen molar-refractivity contribution in [2.45, 2.75) is 24.8 Å². The van der Waals surface area contributed by atoms with Gasteiger partial charge in [0.1, 0.15) is 15.5 Å². The zero-order valence-corrected chi connectivity index (χ0v) is 11.6. The van der Waals surface area contributed by atoms with Crippen molar-refractivity contribution >= 4 is 33.2 Å². The van der Waals surface area contributed by atoms with Crippen LogP contribution in [0.3, 0.4) is 0 Å². The highest BCUT2D eigenvalue weighted by molar-refractivity contribution is 7.96. The average molecular weight is 277 g/mol. The van der Waals surface area contributed by atoms with Crippen LogP contribution in [-0.2, 0) is 14.0 Å². The minimum Gasteiger partial charge on any atom is -0.297 e. The van der Waals surface area contributed by atoms with Crippen LogP contribution < -0.4 is 0 Å². The van der Waals surface area contributed by atoms with E-state index in [0.717, 1.165) is 0 Å². The topological polar surface area (TPSA) is 67.2 Å². The van der Waals surface area contributed by atoms with Gasteiger partial charge in [0, 0.05) is 11.1 Å². The van der Waals surface area contributed by atoms with E-state index in [9.17, 15) is 9.00 Å². The summed E-state index contributed by atoms with van der Waals surface area (Å²) in [4.78, 5) is 12.3. The van der Waals surface area contributed by atoms with E-state index < -0.39 is 9.80 Å². The van der Waals surface area contributed by atoms with Crippen molar-refractivity contribution in [2.24, 2.45) is 0 Å². The molecule has 0 amide bonds. The Kier molecular flexibility index (Phi) is 3.43. The lowest BCUT2D eigenvalue weighted by Gasteiger charge is -2.18. The first-order valence-corrected chi connectivity index (χ1v) is 7.48. The van der Waals surface area contributed by atoms with Crippen LogP contribution in [0.1, 0.15) is 29.8 Å². The van der Waals surface area contributed by atoms with E-state index >= 15 is 0 Å². The average Bonchev–Trinajstić information content (AvgIpc) is 2.32. The van der Waals surface area contributed by atoms with Crippen molar-refractivity contribution in [1.82, 2.24) is 0 Å². The van der Waals surface area contributed by atoms with Gasteiger partial charge in [-0.25, -0.2) is 4.21 Å². The number of allylic oxidation sites excluding steroid dienone is 1. The molecule has 0 saturated carbocycles. The van der Waals surface area contributed by atoms with Crippen LogP contribution in [0.4, 0.5) is 0 Å². The SMILES string of the molecule is C=S(=O)(OC(C)C)c1cccc2c1C=CC(=N)C2=O. The summed E-state index contributed by atoms with van der Waals surface area (Å²) in [6.45, 7) is 3.55. The van der Waals surface area contributed by atoms with E-state index in [1.54, 1.807) is 38.1 Å². The molecule has 4 nitrogen and oxygen atoms in total. The van der Waals surface area contributed by atoms with Crippen LogP contribution in [0.2, 0.25) is 0 Å². The number of fused-ring (bicyclic) bond motifs is 1. The highest BCUT2D eigenvalue weighted by Gasteiger charge is 2.23. The molecule has 0 radical (unpaired) electrons. The van der Waals surface area contributed by atoms with Gasteiger partial charge < -0.3 is 0 Å². The van der Waals surface area contributed by atoms with Gasteiger partial charge in [-0.1, -0.05) is 18.2 Å². The van der Waals surface area contributed by atoms with Crippen LogP contribution in [-0.4, -0.2) is 27.7 Å². The Balaban J connectivity index is 2.62. The maximum atomic E-state index is 12.5. The van der Waals surface area contributed by atoms with E-state index in [1.807, 2.05) is 0 Å². The Morgan fingerprint density at radius 1 is 1.32 bits per heavy atom. The highest BCUT2D eigenvalue weighted by atomic mass is 32.2. The second kappa shape index (κ2) is 4.75. The van der Waals surface area contributed by atoms with Crippen molar-refractivity contribution in [3.05, 3.63) is 35.4 Å². The predicted octanol–water partition coefficient (Wildman–Crippen LogP) is 2.33. The molecule has 0 aromatic heterocycles. The summed E-state index contributed by atoms with van der Waals surface area (Å²) >= 11 is 0. The summed E-state index contributed by atoms with van der Waals surface area (Å²) < 4.78 is 17.9. The second-order valence-corrected chi connectivity index (χ2v) is 6.42. The van der Waals surface area contributed by atoms with Gasteiger partial charge in [0.25, 0.3) is 0 Å². The predicted molar refractivity (Wildman–Crippen MR) is 77.3 cm³/mol. The quantitative estimate of drug-likeness (QED) is 0.862. The van der Waals surface area contributed by atoms with Gasteiger partial charge in [-0.15, -0.1) is 0 Å². The molecule has 1 unspecified atom stereocenters. The van der Waals surface area contributed by atoms with E-state index in [2.05, 4.69) is 5.87 Å².